The molecule has 0 radical (unpaired) electrons. The number of hydrogen-bond acceptors (Lipinski definition) is 1. The molecule has 1 nitrogen and oxygen atoms in total. The van der Waals surface area contributed by atoms with E-state index in [1.165, 1.54) is 32.1 Å². The average molecular weight is 199 g/mol. The third kappa shape index (κ3) is 8.55. The van der Waals surface area contributed by atoms with Gasteiger partial charge in [0, 0.05) is 6.04 Å². The van der Waals surface area contributed by atoms with Crippen LogP contribution in [0.25, 0.3) is 0 Å². The van der Waals surface area contributed by atoms with Gasteiger partial charge in [0.1, 0.15) is 0 Å². The molecule has 14 heavy (non-hydrogen) atoms. The highest BCUT2D eigenvalue weighted by Crippen LogP contribution is 2.22. The summed E-state index contributed by atoms with van der Waals surface area (Å²) < 4.78 is 0. The van der Waals surface area contributed by atoms with Crippen LogP contribution in [0.3, 0.4) is 0 Å². The molecule has 0 fully saturated rings. The van der Waals surface area contributed by atoms with Crippen LogP contribution in [0.1, 0.15) is 66.7 Å². The zero-order valence-corrected chi connectivity index (χ0v) is 10.8. The first-order valence-electron chi connectivity index (χ1n) is 6.23. The summed E-state index contributed by atoms with van der Waals surface area (Å²) in [7, 11) is 0. The van der Waals surface area contributed by atoms with Gasteiger partial charge in [-0.3, -0.25) is 0 Å². The minimum Gasteiger partial charge on any atom is -0.314 e. The number of rotatable bonds is 7. The summed E-state index contributed by atoms with van der Waals surface area (Å²) >= 11 is 0. The highest BCUT2D eigenvalue weighted by Gasteiger charge is 2.14. The topological polar surface area (TPSA) is 12.0 Å². The number of unbranched alkanes of at least 4 members (excludes halogenated alkanes) is 1. The fourth-order valence-electron chi connectivity index (χ4n) is 1.69. The summed E-state index contributed by atoms with van der Waals surface area (Å²) in [6, 6.07) is 0.749. The van der Waals surface area contributed by atoms with Gasteiger partial charge in [0.15, 0.2) is 0 Å². The second-order valence-corrected chi connectivity index (χ2v) is 5.50. The zero-order chi connectivity index (χ0) is 11.0. The van der Waals surface area contributed by atoms with Crippen LogP contribution in [0, 0.1) is 5.41 Å². The first-order valence-corrected chi connectivity index (χ1v) is 6.23. The Morgan fingerprint density at radius 2 is 1.71 bits per heavy atom. The molecule has 0 aromatic carbocycles. The van der Waals surface area contributed by atoms with Crippen molar-refractivity contribution in [2.24, 2.45) is 5.41 Å². The van der Waals surface area contributed by atoms with Crippen LogP contribution in [0.5, 0.6) is 0 Å². The minimum absolute atomic E-state index is 0.486. The summed E-state index contributed by atoms with van der Waals surface area (Å²) in [5.74, 6) is 0. The second-order valence-electron chi connectivity index (χ2n) is 5.50. The average Bonchev–Trinajstić information content (AvgIpc) is 2.08. The molecule has 0 aromatic heterocycles. The highest BCUT2D eigenvalue weighted by atomic mass is 14.9. The van der Waals surface area contributed by atoms with Crippen molar-refractivity contribution >= 4 is 0 Å². The van der Waals surface area contributed by atoms with Gasteiger partial charge in [-0.25, -0.2) is 0 Å². The zero-order valence-electron chi connectivity index (χ0n) is 10.8. The van der Waals surface area contributed by atoms with Crippen LogP contribution in [0.4, 0.5) is 0 Å². The molecule has 0 amide bonds. The Hall–Kier alpha value is -0.0400. The molecule has 0 aliphatic heterocycles. The smallest absolute Gasteiger partial charge is 0.00671 e. The lowest BCUT2D eigenvalue weighted by Gasteiger charge is -2.23. The van der Waals surface area contributed by atoms with Gasteiger partial charge in [0.25, 0.3) is 0 Å². The van der Waals surface area contributed by atoms with E-state index in [9.17, 15) is 0 Å². The summed E-state index contributed by atoms with van der Waals surface area (Å²) in [6.45, 7) is 12.6. The van der Waals surface area contributed by atoms with E-state index in [1.54, 1.807) is 0 Å². The van der Waals surface area contributed by atoms with E-state index in [2.05, 4.69) is 39.9 Å². The van der Waals surface area contributed by atoms with Crippen LogP contribution in [0.15, 0.2) is 0 Å². The van der Waals surface area contributed by atoms with Crippen LogP contribution < -0.4 is 5.32 Å². The van der Waals surface area contributed by atoms with Gasteiger partial charge in [0.05, 0.1) is 0 Å². The molecule has 0 saturated heterocycles. The quantitative estimate of drug-likeness (QED) is 0.654. The van der Waals surface area contributed by atoms with Gasteiger partial charge in [-0.15, -0.1) is 0 Å². The number of nitrogens with one attached hydrogen (secondary N) is 1. The van der Waals surface area contributed by atoms with Gasteiger partial charge in [-0.1, -0.05) is 47.5 Å². The van der Waals surface area contributed by atoms with E-state index in [1.807, 2.05) is 0 Å². The summed E-state index contributed by atoms with van der Waals surface area (Å²) in [4.78, 5) is 0. The normalized spacial score (nSPS) is 14.4. The van der Waals surface area contributed by atoms with Crippen molar-refractivity contribution in [1.29, 1.82) is 0 Å². The molecular weight excluding hydrogens is 170 g/mol. The maximum Gasteiger partial charge on any atom is 0.00671 e. The molecule has 0 aliphatic rings. The van der Waals surface area contributed by atoms with Crippen molar-refractivity contribution in [3.05, 3.63) is 0 Å². The standard InChI is InChI=1S/C13H29N/c1-6-8-9-12(14-7-2)10-11-13(3,4)5/h12,14H,6-11H2,1-5H3. The second kappa shape index (κ2) is 7.28. The van der Waals surface area contributed by atoms with E-state index in [0.29, 0.717) is 5.41 Å². The highest BCUT2D eigenvalue weighted by molar-refractivity contribution is 4.70. The Bertz CT molecular complexity index is 124. The summed E-state index contributed by atoms with van der Waals surface area (Å²) in [5.41, 5.74) is 0.486. The minimum atomic E-state index is 0.486. The van der Waals surface area contributed by atoms with Crippen LogP contribution in [0.2, 0.25) is 0 Å². The van der Waals surface area contributed by atoms with Crippen LogP contribution >= 0.6 is 0 Å². The molecule has 1 unspecified atom stereocenters. The third-order valence-electron chi connectivity index (χ3n) is 2.64. The predicted octanol–water partition coefficient (Wildman–Crippen LogP) is 3.98. The van der Waals surface area contributed by atoms with Crippen molar-refractivity contribution in [2.45, 2.75) is 72.8 Å². The Labute approximate surface area is 90.7 Å². The van der Waals surface area contributed by atoms with Crippen LogP contribution in [-0.2, 0) is 0 Å². The maximum atomic E-state index is 3.59. The van der Waals surface area contributed by atoms with E-state index in [-0.39, 0.29) is 0 Å². The molecular formula is C13H29N. The van der Waals surface area contributed by atoms with E-state index >= 15 is 0 Å². The first-order chi connectivity index (χ1) is 6.49. The number of hydrogen-bond donors (Lipinski definition) is 1. The van der Waals surface area contributed by atoms with Crippen molar-refractivity contribution in [3.63, 3.8) is 0 Å². The SMILES string of the molecule is CCCCC(CCC(C)(C)C)NCC. The molecule has 0 aliphatic carbocycles. The molecule has 1 N–H and O–H groups in total. The van der Waals surface area contributed by atoms with E-state index in [4.69, 9.17) is 0 Å². The van der Waals surface area contributed by atoms with Gasteiger partial charge in [-0.05, 0) is 31.2 Å². The third-order valence-corrected chi connectivity index (χ3v) is 2.64. The van der Waals surface area contributed by atoms with Crippen molar-refractivity contribution < 1.29 is 0 Å². The summed E-state index contributed by atoms with van der Waals surface area (Å²) in [6.07, 6.45) is 6.69. The van der Waals surface area contributed by atoms with Crippen molar-refractivity contribution in [1.82, 2.24) is 5.32 Å². The fraction of sp³-hybridized carbons (Fsp3) is 1.00. The van der Waals surface area contributed by atoms with Gasteiger partial charge in [0.2, 0.25) is 0 Å². The largest absolute Gasteiger partial charge is 0.314 e. The summed E-state index contributed by atoms with van der Waals surface area (Å²) in [5, 5.41) is 3.59. The predicted molar refractivity (Wildman–Crippen MR) is 65.7 cm³/mol. The molecule has 1 heteroatoms. The monoisotopic (exact) mass is 199 g/mol. The Kier molecular flexibility index (Phi) is 7.26. The van der Waals surface area contributed by atoms with Crippen molar-refractivity contribution in [3.8, 4) is 0 Å². The molecule has 0 spiro atoms. The Morgan fingerprint density at radius 1 is 1.07 bits per heavy atom. The lowest BCUT2D eigenvalue weighted by Crippen LogP contribution is -2.29. The lowest BCUT2D eigenvalue weighted by molar-refractivity contribution is 0.322. The Morgan fingerprint density at radius 3 is 2.14 bits per heavy atom. The molecule has 1 atom stereocenters. The van der Waals surface area contributed by atoms with Crippen LogP contribution in [-0.4, -0.2) is 12.6 Å². The van der Waals surface area contributed by atoms with Gasteiger partial charge in [-0.2, -0.15) is 0 Å². The van der Waals surface area contributed by atoms with E-state index < -0.39 is 0 Å². The lowest BCUT2D eigenvalue weighted by atomic mass is 9.88. The first kappa shape index (κ1) is 14.0. The van der Waals surface area contributed by atoms with Gasteiger partial charge < -0.3 is 5.32 Å². The molecule has 0 bridgehead atoms. The molecule has 0 aromatic rings. The molecule has 0 heterocycles. The van der Waals surface area contributed by atoms with Gasteiger partial charge >= 0.3 is 0 Å². The maximum absolute atomic E-state index is 3.59. The molecule has 0 rings (SSSR count). The Balaban J connectivity index is 3.72. The van der Waals surface area contributed by atoms with Crippen molar-refractivity contribution in [2.75, 3.05) is 6.54 Å². The molecule has 0 saturated carbocycles. The molecule has 86 valence electrons. The fourth-order valence-corrected chi connectivity index (χ4v) is 1.69. The van der Waals surface area contributed by atoms with E-state index in [0.717, 1.165) is 12.6 Å².